The summed E-state index contributed by atoms with van der Waals surface area (Å²) in [6, 6.07) is 7.47. The fourth-order valence-corrected chi connectivity index (χ4v) is 1.90. The van der Waals surface area contributed by atoms with Crippen molar-refractivity contribution in [3.05, 3.63) is 41.7 Å². The van der Waals surface area contributed by atoms with Crippen molar-refractivity contribution in [3.63, 3.8) is 0 Å². The fraction of sp³-hybridized carbons (Fsp3) is 0.333. The Morgan fingerprint density at radius 2 is 2.05 bits per heavy atom. The topological polar surface area (TPSA) is 64.4 Å². The average Bonchev–Trinajstić information content (AvgIpc) is 2.82. The van der Waals surface area contributed by atoms with E-state index in [1.807, 2.05) is 24.3 Å². The van der Waals surface area contributed by atoms with Crippen LogP contribution in [0.3, 0.4) is 0 Å². The molecule has 2 aromatic rings. The largest absolute Gasteiger partial charge is 0.494 e. The summed E-state index contributed by atoms with van der Waals surface area (Å²) in [5.74, 6) is -0.154. The molecular formula is C15H18N2O3. The van der Waals surface area contributed by atoms with Gasteiger partial charge in [0.05, 0.1) is 24.2 Å². The molecule has 0 aliphatic rings. The van der Waals surface area contributed by atoms with Crippen molar-refractivity contribution in [2.24, 2.45) is 0 Å². The van der Waals surface area contributed by atoms with Crippen LogP contribution in [0.4, 0.5) is 0 Å². The van der Waals surface area contributed by atoms with Gasteiger partial charge in [-0.2, -0.15) is 5.10 Å². The van der Waals surface area contributed by atoms with Crippen molar-refractivity contribution < 1.29 is 14.6 Å². The summed E-state index contributed by atoms with van der Waals surface area (Å²) in [4.78, 5) is 11.0. The normalized spacial score (nSPS) is 10.5. The monoisotopic (exact) mass is 274 g/mol. The van der Waals surface area contributed by atoms with Gasteiger partial charge in [-0.25, -0.2) is 9.48 Å². The summed E-state index contributed by atoms with van der Waals surface area (Å²) in [5, 5.41) is 13.1. The van der Waals surface area contributed by atoms with Gasteiger partial charge >= 0.3 is 5.97 Å². The highest BCUT2D eigenvalue weighted by Gasteiger charge is 2.13. The van der Waals surface area contributed by atoms with Crippen LogP contribution in [0.15, 0.2) is 30.5 Å². The van der Waals surface area contributed by atoms with Crippen LogP contribution in [0.5, 0.6) is 5.75 Å². The molecule has 2 rings (SSSR count). The van der Waals surface area contributed by atoms with Crippen LogP contribution in [-0.2, 0) is 0 Å². The first-order chi connectivity index (χ1) is 9.63. The number of carbonyl (C=O) groups is 1. The third-order valence-electron chi connectivity index (χ3n) is 3.09. The van der Waals surface area contributed by atoms with Crippen molar-refractivity contribution in [2.75, 3.05) is 6.61 Å². The Morgan fingerprint density at radius 3 is 2.60 bits per heavy atom. The number of aromatic nitrogens is 2. The molecule has 5 nitrogen and oxygen atoms in total. The first kappa shape index (κ1) is 14.1. The van der Waals surface area contributed by atoms with Crippen LogP contribution in [0, 0.1) is 6.92 Å². The van der Waals surface area contributed by atoms with E-state index in [0.717, 1.165) is 24.3 Å². The molecule has 5 heteroatoms. The van der Waals surface area contributed by atoms with Crippen LogP contribution in [0.2, 0.25) is 0 Å². The number of carboxylic acid groups (broad SMARTS) is 1. The van der Waals surface area contributed by atoms with E-state index in [-0.39, 0.29) is 5.56 Å². The molecule has 0 bridgehead atoms. The third-order valence-corrected chi connectivity index (χ3v) is 3.09. The minimum Gasteiger partial charge on any atom is -0.494 e. The average molecular weight is 274 g/mol. The number of hydrogen-bond donors (Lipinski definition) is 1. The second-order valence-electron chi connectivity index (χ2n) is 4.56. The second kappa shape index (κ2) is 6.23. The van der Waals surface area contributed by atoms with E-state index < -0.39 is 5.97 Å². The maximum absolute atomic E-state index is 11.0. The lowest BCUT2D eigenvalue weighted by Gasteiger charge is -2.08. The summed E-state index contributed by atoms with van der Waals surface area (Å²) >= 11 is 0. The Balaban J connectivity index is 2.16. The van der Waals surface area contributed by atoms with E-state index in [9.17, 15) is 4.79 Å². The van der Waals surface area contributed by atoms with Crippen LogP contribution in [0.1, 0.15) is 35.8 Å². The van der Waals surface area contributed by atoms with Gasteiger partial charge in [0.25, 0.3) is 0 Å². The molecule has 0 unspecified atom stereocenters. The molecule has 0 aliphatic carbocycles. The van der Waals surface area contributed by atoms with Gasteiger partial charge < -0.3 is 9.84 Å². The van der Waals surface area contributed by atoms with Crippen molar-refractivity contribution >= 4 is 5.97 Å². The minimum atomic E-state index is -0.965. The molecular weight excluding hydrogens is 256 g/mol. The predicted molar refractivity (Wildman–Crippen MR) is 75.7 cm³/mol. The number of hydrogen-bond acceptors (Lipinski definition) is 3. The van der Waals surface area contributed by atoms with Crippen molar-refractivity contribution in [2.45, 2.75) is 26.7 Å². The van der Waals surface area contributed by atoms with Crippen LogP contribution in [-0.4, -0.2) is 27.5 Å². The van der Waals surface area contributed by atoms with Gasteiger partial charge in [-0.3, -0.25) is 0 Å². The van der Waals surface area contributed by atoms with Crippen LogP contribution in [0.25, 0.3) is 5.69 Å². The zero-order chi connectivity index (χ0) is 14.5. The SMILES string of the molecule is CCCCOc1ccc(-n2ncc(C(=O)O)c2C)cc1. The van der Waals surface area contributed by atoms with E-state index >= 15 is 0 Å². The molecule has 0 saturated carbocycles. The molecule has 1 aromatic heterocycles. The molecule has 0 amide bonds. The number of rotatable bonds is 6. The Hall–Kier alpha value is -2.30. The number of benzene rings is 1. The summed E-state index contributed by atoms with van der Waals surface area (Å²) < 4.78 is 7.20. The summed E-state index contributed by atoms with van der Waals surface area (Å²) in [6.07, 6.45) is 3.49. The highest BCUT2D eigenvalue weighted by molar-refractivity contribution is 5.88. The Bertz CT molecular complexity index is 588. The van der Waals surface area contributed by atoms with E-state index in [1.165, 1.54) is 6.20 Å². The molecule has 1 N–H and O–H groups in total. The standard InChI is InChI=1S/C15H18N2O3/c1-3-4-9-20-13-7-5-12(6-8-13)17-11(2)14(10-16-17)15(18)19/h5-8,10H,3-4,9H2,1-2H3,(H,18,19). The first-order valence-electron chi connectivity index (χ1n) is 6.64. The van der Waals surface area contributed by atoms with Gasteiger partial charge in [0, 0.05) is 0 Å². The molecule has 0 radical (unpaired) electrons. The lowest BCUT2D eigenvalue weighted by Crippen LogP contribution is -2.02. The summed E-state index contributed by atoms with van der Waals surface area (Å²) in [7, 11) is 0. The predicted octanol–water partition coefficient (Wildman–Crippen LogP) is 3.06. The van der Waals surface area contributed by atoms with Gasteiger partial charge in [0.1, 0.15) is 11.3 Å². The van der Waals surface area contributed by atoms with Crippen molar-refractivity contribution in [1.82, 2.24) is 9.78 Å². The number of ether oxygens (including phenoxy) is 1. The van der Waals surface area contributed by atoms with Gasteiger partial charge in [-0.05, 0) is 37.6 Å². The maximum atomic E-state index is 11.0. The lowest BCUT2D eigenvalue weighted by atomic mass is 10.2. The molecule has 0 fully saturated rings. The smallest absolute Gasteiger partial charge is 0.339 e. The van der Waals surface area contributed by atoms with E-state index in [2.05, 4.69) is 12.0 Å². The van der Waals surface area contributed by atoms with Gasteiger partial charge in [-0.15, -0.1) is 0 Å². The molecule has 1 heterocycles. The number of carboxylic acids is 1. The third kappa shape index (κ3) is 2.99. The highest BCUT2D eigenvalue weighted by Crippen LogP contribution is 2.18. The number of aromatic carboxylic acids is 1. The molecule has 0 saturated heterocycles. The van der Waals surface area contributed by atoms with Gasteiger partial charge in [-0.1, -0.05) is 13.3 Å². The fourth-order valence-electron chi connectivity index (χ4n) is 1.90. The minimum absolute atomic E-state index is 0.216. The molecule has 1 aromatic carbocycles. The Morgan fingerprint density at radius 1 is 1.35 bits per heavy atom. The Kier molecular flexibility index (Phi) is 4.40. The van der Waals surface area contributed by atoms with Gasteiger partial charge in [0.2, 0.25) is 0 Å². The molecule has 0 aliphatic heterocycles. The van der Waals surface area contributed by atoms with E-state index in [0.29, 0.717) is 12.3 Å². The van der Waals surface area contributed by atoms with Crippen molar-refractivity contribution in [1.29, 1.82) is 0 Å². The van der Waals surface area contributed by atoms with E-state index in [4.69, 9.17) is 9.84 Å². The summed E-state index contributed by atoms with van der Waals surface area (Å²) in [6.45, 7) is 4.56. The van der Waals surface area contributed by atoms with E-state index in [1.54, 1.807) is 11.6 Å². The molecule has 0 spiro atoms. The van der Waals surface area contributed by atoms with Crippen LogP contribution >= 0.6 is 0 Å². The summed E-state index contributed by atoms with van der Waals surface area (Å²) in [5.41, 5.74) is 1.64. The first-order valence-corrected chi connectivity index (χ1v) is 6.64. The molecule has 0 atom stereocenters. The van der Waals surface area contributed by atoms with Gasteiger partial charge in [0.15, 0.2) is 0 Å². The number of nitrogens with zero attached hydrogens (tertiary/aromatic N) is 2. The lowest BCUT2D eigenvalue weighted by molar-refractivity contribution is 0.0696. The maximum Gasteiger partial charge on any atom is 0.339 e. The van der Waals surface area contributed by atoms with Crippen molar-refractivity contribution in [3.8, 4) is 11.4 Å². The Labute approximate surface area is 117 Å². The molecule has 20 heavy (non-hydrogen) atoms. The highest BCUT2D eigenvalue weighted by atomic mass is 16.5. The quantitative estimate of drug-likeness (QED) is 0.822. The zero-order valence-electron chi connectivity index (χ0n) is 11.7. The van der Waals surface area contributed by atoms with Crippen LogP contribution < -0.4 is 4.74 Å². The number of unbranched alkanes of at least 4 members (excludes halogenated alkanes) is 1. The second-order valence-corrected chi connectivity index (χ2v) is 4.56. The molecule has 106 valence electrons. The zero-order valence-corrected chi connectivity index (χ0v) is 11.7.